The predicted octanol–water partition coefficient (Wildman–Crippen LogP) is 2.97. The third-order valence-electron chi connectivity index (χ3n) is 3.70. The number of nitrogens with two attached hydrogens (primary N) is 1. The van der Waals surface area contributed by atoms with Gasteiger partial charge in [-0.15, -0.1) is 0 Å². The fourth-order valence-electron chi connectivity index (χ4n) is 2.61. The minimum absolute atomic E-state index is 0.343. The van der Waals surface area contributed by atoms with Crippen molar-refractivity contribution >= 4 is 17.1 Å². The number of para-hydroxylation sites is 1. The van der Waals surface area contributed by atoms with Gasteiger partial charge in [-0.2, -0.15) is 5.10 Å². The first-order valence-electron chi connectivity index (χ1n) is 7.31. The molecule has 6 heteroatoms. The smallest absolute Gasteiger partial charge is 0.189 e. The van der Waals surface area contributed by atoms with E-state index in [9.17, 15) is 0 Å². The average molecular weight is 305 g/mol. The Morgan fingerprint density at radius 2 is 2.00 bits per heavy atom. The summed E-state index contributed by atoms with van der Waals surface area (Å²) in [6.45, 7) is 2.65. The zero-order valence-electron chi connectivity index (χ0n) is 12.6. The molecule has 3 heterocycles. The lowest BCUT2D eigenvalue weighted by Gasteiger charge is -2.07. The van der Waals surface area contributed by atoms with E-state index in [1.54, 1.807) is 6.07 Å². The zero-order valence-corrected chi connectivity index (χ0v) is 12.6. The molecule has 1 aliphatic heterocycles. The topological polar surface area (TPSA) is 82.2 Å². The lowest BCUT2D eigenvalue weighted by molar-refractivity contribution is 0.434. The van der Waals surface area contributed by atoms with Gasteiger partial charge < -0.3 is 10.3 Å². The summed E-state index contributed by atoms with van der Waals surface area (Å²) in [4.78, 5) is 4.44. The molecule has 3 aromatic rings. The number of aliphatic imine (C=N–C) groups is 1. The van der Waals surface area contributed by atoms with Crippen molar-refractivity contribution in [1.82, 2.24) is 14.9 Å². The van der Waals surface area contributed by atoms with E-state index < -0.39 is 0 Å². The van der Waals surface area contributed by atoms with Crippen molar-refractivity contribution in [1.29, 1.82) is 0 Å². The summed E-state index contributed by atoms with van der Waals surface area (Å²) >= 11 is 0. The predicted molar refractivity (Wildman–Crippen MR) is 89.4 cm³/mol. The number of hydrogen-bond donors (Lipinski definition) is 1. The van der Waals surface area contributed by atoms with Gasteiger partial charge in [-0.3, -0.25) is 4.99 Å². The summed E-state index contributed by atoms with van der Waals surface area (Å²) in [5, 5.41) is 8.40. The van der Waals surface area contributed by atoms with Crippen LogP contribution in [0.25, 0.3) is 22.7 Å². The first-order chi connectivity index (χ1) is 11.2. The van der Waals surface area contributed by atoms with Crippen LogP contribution >= 0.6 is 0 Å². The van der Waals surface area contributed by atoms with Crippen molar-refractivity contribution in [2.75, 3.05) is 12.3 Å². The molecule has 0 amide bonds. The first kappa shape index (κ1) is 13.5. The Hall–Kier alpha value is -3.15. The molecule has 0 saturated heterocycles. The standard InChI is InChI=1S/C17H15N5O/c1-11-7-12(10-19-11)15-8-14(16-9-17(18)21-23-16)20-22(15)13-5-3-2-4-6-13/h2-9H,10H2,1H3,(H2,18,21). The van der Waals surface area contributed by atoms with E-state index in [-0.39, 0.29) is 0 Å². The quantitative estimate of drug-likeness (QED) is 0.806. The van der Waals surface area contributed by atoms with Crippen molar-refractivity contribution in [2.45, 2.75) is 6.92 Å². The van der Waals surface area contributed by atoms with Gasteiger partial charge in [-0.1, -0.05) is 23.4 Å². The van der Waals surface area contributed by atoms with E-state index in [1.165, 1.54) is 0 Å². The van der Waals surface area contributed by atoms with Gasteiger partial charge in [0.2, 0.25) is 0 Å². The second-order valence-corrected chi connectivity index (χ2v) is 5.41. The zero-order chi connectivity index (χ0) is 15.8. The Morgan fingerprint density at radius 3 is 2.65 bits per heavy atom. The molecule has 23 heavy (non-hydrogen) atoms. The number of nitrogens with zero attached hydrogens (tertiary/aromatic N) is 4. The maximum absolute atomic E-state index is 5.64. The molecule has 0 saturated carbocycles. The molecule has 114 valence electrons. The SMILES string of the molecule is CC1=NCC(c2cc(-c3cc(N)no3)nn2-c2ccccc2)=C1. The monoisotopic (exact) mass is 305 g/mol. The molecule has 0 spiro atoms. The third-order valence-corrected chi connectivity index (χ3v) is 3.70. The number of nitrogen functional groups attached to an aromatic ring is 1. The van der Waals surface area contributed by atoms with E-state index >= 15 is 0 Å². The maximum atomic E-state index is 5.64. The highest BCUT2D eigenvalue weighted by Crippen LogP contribution is 2.28. The van der Waals surface area contributed by atoms with Gasteiger partial charge in [-0.25, -0.2) is 4.68 Å². The summed E-state index contributed by atoms with van der Waals surface area (Å²) in [6, 6.07) is 13.6. The summed E-state index contributed by atoms with van der Waals surface area (Å²) in [5.74, 6) is 0.893. The summed E-state index contributed by atoms with van der Waals surface area (Å²) in [6.07, 6.45) is 2.08. The van der Waals surface area contributed by atoms with Crippen molar-refractivity contribution in [2.24, 2.45) is 4.99 Å². The normalized spacial score (nSPS) is 14.0. The van der Waals surface area contributed by atoms with Gasteiger partial charge >= 0.3 is 0 Å². The van der Waals surface area contributed by atoms with Crippen LogP contribution in [0.3, 0.4) is 0 Å². The number of hydrogen-bond acceptors (Lipinski definition) is 5. The van der Waals surface area contributed by atoms with E-state index in [0.717, 1.165) is 22.7 Å². The second-order valence-electron chi connectivity index (χ2n) is 5.41. The fourth-order valence-corrected chi connectivity index (χ4v) is 2.61. The van der Waals surface area contributed by atoms with Crippen molar-refractivity contribution in [3.8, 4) is 17.1 Å². The highest BCUT2D eigenvalue weighted by Gasteiger charge is 2.19. The van der Waals surface area contributed by atoms with E-state index in [1.807, 2.05) is 48.0 Å². The van der Waals surface area contributed by atoms with Gasteiger partial charge in [-0.05, 0) is 31.2 Å². The number of allylic oxidation sites excluding steroid dienone is 1. The number of anilines is 1. The van der Waals surface area contributed by atoms with Gasteiger partial charge in [0.25, 0.3) is 0 Å². The van der Waals surface area contributed by atoms with Crippen LogP contribution < -0.4 is 5.73 Å². The molecular formula is C17H15N5O. The minimum atomic E-state index is 0.343. The Balaban J connectivity index is 1.86. The maximum Gasteiger partial charge on any atom is 0.189 e. The van der Waals surface area contributed by atoms with Crippen LogP contribution in [0.5, 0.6) is 0 Å². The van der Waals surface area contributed by atoms with Gasteiger partial charge in [0, 0.05) is 17.4 Å². The molecular weight excluding hydrogens is 290 g/mol. The van der Waals surface area contributed by atoms with Gasteiger partial charge in [0.15, 0.2) is 11.6 Å². The molecule has 2 aromatic heterocycles. The van der Waals surface area contributed by atoms with Crippen LogP contribution in [0.4, 0.5) is 5.82 Å². The minimum Gasteiger partial charge on any atom is -0.381 e. The Labute approximate surface area is 132 Å². The lowest BCUT2D eigenvalue weighted by atomic mass is 10.1. The van der Waals surface area contributed by atoms with Crippen molar-refractivity contribution < 1.29 is 4.52 Å². The van der Waals surface area contributed by atoms with Crippen molar-refractivity contribution in [3.05, 3.63) is 54.2 Å². The Kier molecular flexibility index (Phi) is 3.08. The van der Waals surface area contributed by atoms with Crippen LogP contribution in [0, 0.1) is 0 Å². The average Bonchev–Trinajstić information content (AvgIpc) is 3.27. The number of rotatable bonds is 3. The largest absolute Gasteiger partial charge is 0.381 e. The van der Waals surface area contributed by atoms with Gasteiger partial charge in [0.1, 0.15) is 5.69 Å². The molecule has 0 fully saturated rings. The molecule has 0 bridgehead atoms. The Morgan fingerprint density at radius 1 is 1.17 bits per heavy atom. The van der Waals surface area contributed by atoms with Crippen LogP contribution in [0.15, 0.2) is 58.1 Å². The molecule has 0 aliphatic carbocycles. The van der Waals surface area contributed by atoms with E-state index in [0.29, 0.717) is 23.8 Å². The molecule has 0 unspecified atom stereocenters. The summed E-state index contributed by atoms with van der Waals surface area (Å²) in [7, 11) is 0. The molecule has 4 rings (SSSR count). The second kappa shape index (κ2) is 5.24. The van der Waals surface area contributed by atoms with Crippen LogP contribution in [-0.4, -0.2) is 27.2 Å². The first-order valence-corrected chi connectivity index (χ1v) is 7.31. The molecule has 1 aromatic carbocycles. The number of benzene rings is 1. The van der Waals surface area contributed by atoms with Crippen molar-refractivity contribution in [3.63, 3.8) is 0 Å². The molecule has 6 nitrogen and oxygen atoms in total. The fraction of sp³-hybridized carbons (Fsp3) is 0.118. The Bertz CT molecular complexity index is 918. The van der Waals surface area contributed by atoms with E-state index in [2.05, 4.69) is 21.3 Å². The van der Waals surface area contributed by atoms with Gasteiger partial charge in [0.05, 0.1) is 17.9 Å². The summed E-state index contributed by atoms with van der Waals surface area (Å²) in [5.41, 5.74) is 10.4. The highest BCUT2D eigenvalue weighted by molar-refractivity contribution is 6.03. The lowest BCUT2D eigenvalue weighted by Crippen LogP contribution is -2.02. The van der Waals surface area contributed by atoms with Crippen LogP contribution in [0.1, 0.15) is 12.6 Å². The summed E-state index contributed by atoms with van der Waals surface area (Å²) < 4.78 is 7.14. The number of aromatic nitrogens is 3. The molecule has 0 atom stereocenters. The van der Waals surface area contributed by atoms with Crippen LogP contribution in [0.2, 0.25) is 0 Å². The highest BCUT2D eigenvalue weighted by atomic mass is 16.5. The molecule has 1 aliphatic rings. The van der Waals surface area contributed by atoms with Crippen LogP contribution in [-0.2, 0) is 0 Å². The van der Waals surface area contributed by atoms with E-state index in [4.69, 9.17) is 10.3 Å². The third kappa shape index (κ3) is 2.44. The molecule has 0 radical (unpaired) electrons. The molecule has 2 N–H and O–H groups in total.